The Morgan fingerprint density at radius 1 is 1.14 bits per heavy atom. The maximum absolute atomic E-state index is 5.53. The van der Waals surface area contributed by atoms with Gasteiger partial charge in [0, 0.05) is 37.8 Å². The van der Waals surface area contributed by atoms with Crippen molar-refractivity contribution in [3.63, 3.8) is 0 Å². The maximum atomic E-state index is 5.53. The molecule has 1 aromatic rings. The number of nitrogens with zero attached hydrogens (tertiary/aromatic N) is 1. The highest BCUT2D eigenvalue weighted by Crippen LogP contribution is 2.10. The van der Waals surface area contributed by atoms with Crippen LogP contribution in [0.4, 0.5) is 0 Å². The van der Waals surface area contributed by atoms with E-state index >= 15 is 0 Å². The number of rotatable bonds is 9. The van der Waals surface area contributed by atoms with Crippen LogP contribution in [0.1, 0.15) is 31.7 Å². The van der Waals surface area contributed by atoms with Crippen molar-refractivity contribution in [3.05, 3.63) is 34.3 Å². The smallest absolute Gasteiger partial charge is 0.191 e. The van der Waals surface area contributed by atoms with Crippen LogP contribution in [0.2, 0.25) is 0 Å². The minimum atomic E-state index is 0.764. The summed E-state index contributed by atoms with van der Waals surface area (Å²) in [5.41, 5.74) is 1.23. The summed E-state index contributed by atoms with van der Waals surface area (Å²) >= 11 is 3.44. The molecule has 0 heterocycles. The van der Waals surface area contributed by atoms with Crippen LogP contribution in [0, 0.1) is 0 Å². The molecule has 0 aromatic heterocycles. The second kappa shape index (κ2) is 11.6. The number of hydrogen-bond donors (Lipinski definition) is 2. The van der Waals surface area contributed by atoms with Crippen molar-refractivity contribution in [2.75, 3.05) is 26.8 Å². The number of halogens is 1. The second-order valence-corrected chi connectivity index (χ2v) is 5.71. The van der Waals surface area contributed by atoms with Crippen molar-refractivity contribution in [1.82, 2.24) is 10.6 Å². The summed E-state index contributed by atoms with van der Waals surface area (Å²) in [6, 6.07) is 8.26. The summed E-state index contributed by atoms with van der Waals surface area (Å²) in [5.74, 6) is 0.825. The van der Waals surface area contributed by atoms with E-state index in [1.165, 1.54) is 12.0 Å². The van der Waals surface area contributed by atoms with Crippen molar-refractivity contribution >= 4 is 21.9 Å². The van der Waals surface area contributed by atoms with E-state index in [-0.39, 0.29) is 0 Å². The molecule has 0 spiro atoms. The van der Waals surface area contributed by atoms with Crippen molar-refractivity contribution in [3.8, 4) is 0 Å². The summed E-state index contributed by atoms with van der Waals surface area (Å²) in [6.07, 6.45) is 3.32. The summed E-state index contributed by atoms with van der Waals surface area (Å²) in [4.78, 5) is 4.21. The average molecular weight is 356 g/mol. The first kappa shape index (κ1) is 18.0. The van der Waals surface area contributed by atoms with E-state index in [0.717, 1.165) is 49.6 Å². The van der Waals surface area contributed by atoms with E-state index in [0.29, 0.717) is 0 Å². The Hall–Kier alpha value is -1.07. The lowest BCUT2D eigenvalue weighted by Crippen LogP contribution is -2.37. The van der Waals surface area contributed by atoms with Gasteiger partial charge in [-0.3, -0.25) is 4.99 Å². The summed E-state index contributed by atoms with van der Waals surface area (Å²) in [6.45, 7) is 5.47. The van der Waals surface area contributed by atoms with Gasteiger partial charge in [-0.15, -0.1) is 0 Å². The molecule has 118 valence electrons. The predicted molar refractivity (Wildman–Crippen MR) is 92.7 cm³/mol. The monoisotopic (exact) mass is 355 g/mol. The maximum Gasteiger partial charge on any atom is 0.191 e. The van der Waals surface area contributed by atoms with Gasteiger partial charge in [0.1, 0.15) is 0 Å². The molecule has 0 fully saturated rings. The normalized spacial score (nSPS) is 11.5. The number of benzene rings is 1. The lowest BCUT2D eigenvalue weighted by atomic mass is 10.2. The quantitative estimate of drug-likeness (QED) is 0.405. The van der Waals surface area contributed by atoms with Gasteiger partial charge in [-0.25, -0.2) is 0 Å². The number of unbranched alkanes of at least 4 members (excludes halogenated alkanes) is 1. The molecule has 21 heavy (non-hydrogen) atoms. The Labute approximate surface area is 136 Å². The van der Waals surface area contributed by atoms with Crippen molar-refractivity contribution in [1.29, 1.82) is 0 Å². The highest BCUT2D eigenvalue weighted by Gasteiger charge is 1.98. The average Bonchev–Trinajstić information content (AvgIpc) is 2.51. The number of nitrogens with one attached hydrogen (secondary N) is 2. The zero-order valence-corrected chi connectivity index (χ0v) is 14.6. The van der Waals surface area contributed by atoms with Gasteiger partial charge in [0.25, 0.3) is 0 Å². The Bertz CT molecular complexity index is 406. The zero-order chi connectivity index (χ0) is 15.3. The van der Waals surface area contributed by atoms with Crippen LogP contribution in [0.15, 0.2) is 33.7 Å². The van der Waals surface area contributed by atoms with E-state index in [1.807, 2.05) is 12.1 Å². The molecule has 4 nitrogen and oxygen atoms in total. The molecule has 0 aliphatic heterocycles. The summed E-state index contributed by atoms with van der Waals surface area (Å²) < 4.78 is 6.62. The van der Waals surface area contributed by atoms with Crippen LogP contribution < -0.4 is 10.6 Å². The van der Waals surface area contributed by atoms with Crippen LogP contribution in [-0.4, -0.2) is 32.8 Å². The van der Waals surface area contributed by atoms with Crippen LogP contribution in [0.3, 0.4) is 0 Å². The SMILES string of the molecule is CCCCOCCCNC(=NC)NCc1ccc(Br)cc1. The largest absolute Gasteiger partial charge is 0.381 e. The summed E-state index contributed by atoms with van der Waals surface area (Å²) in [5, 5.41) is 6.59. The second-order valence-electron chi connectivity index (χ2n) is 4.80. The highest BCUT2D eigenvalue weighted by atomic mass is 79.9. The number of hydrogen-bond acceptors (Lipinski definition) is 2. The lowest BCUT2D eigenvalue weighted by Gasteiger charge is -2.12. The molecule has 5 heteroatoms. The van der Waals surface area contributed by atoms with E-state index in [9.17, 15) is 0 Å². The van der Waals surface area contributed by atoms with Gasteiger partial charge in [0.05, 0.1) is 0 Å². The molecule has 0 saturated heterocycles. The standard InChI is InChI=1S/C16H26BrN3O/c1-3-4-11-21-12-5-10-19-16(18-2)20-13-14-6-8-15(17)9-7-14/h6-9H,3-5,10-13H2,1-2H3,(H2,18,19,20). The fourth-order valence-electron chi connectivity index (χ4n) is 1.74. The van der Waals surface area contributed by atoms with Gasteiger partial charge in [-0.1, -0.05) is 41.4 Å². The first-order chi connectivity index (χ1) is 10.3. The molecule has 2 N–H and O–H groups in total. The van der Waals surface area contributed by atoms with Crippen LogP contribution in [0.5, 0.6) is 0 Å². The zero-order valence-electron chi connectivity index (χ0n) is 13.0. The molecule has 0 aliphatic rings. The predicted octanol–water partition coefficient (Wildman–Crippen LogP) is 3.32. The Morgan fingerprint density at radius 3 is 2.52 bits per heavy atom. The Morgan fingerprint density at radius 2 is 1.86 bits per heavy atom. The van der Waals surface area contributed by atoms with Gasteiger partial charge in [0.15, 0.2) is 5.96 Å². The van der Waals surface area contributed by atoms with Crippen molar-refractivity contribution < 1.29 is 4.74 Å². The topological polar surface area (TPSA) is 45.6 Å². The first-order valence-electron chi connectivity index (χ1n) is 7.53. The van der Waals surface area contributed by atoms with Crippen molar-refractivity contribution in [2.24, 2.45) is 4.99 Å². The van der Waals surface area contributed by atoms with E-state index in [2.05, 4.69) is 50.6 Å². The fraction of sp³-hybridized carbons (Fsp3) is 0.562. The van der Waals surface area contributed by atoms with E-state index in [1.54, 1.807) is 7.05 Å². The molecule has 0 bridgehead atoms. The summed E-state index contributed by atoms with van der Waals surface area (Å²) in [7, 11) is 1.79. The number of guanidine groups is 1. The van der Waals surface area contributed by atoms with E-state index < -0.39 is 0 Å². The molecule has 1 aromatic carbocycles. The third-order valence-electron chi connectivity index (χ3n) is 3.00. The number of aliphatic imine (C=N–C) groups is 1. The Kier molecular flexibility index (Phi) is 9.91. The molecule has 1 rings (SSSR count). The molecule has 0 saturated carbocycles. The number of ether oxygens (including phenoxy) is 1. The van der Waals surface area contributed by atoms with Gasteiger partial charge < -0.3 is 15.4 Å². The molecule has 0 unspecified atom stereocenters. The van der Waals surface area contributed by atoms with Crippen LogP contribution in [-0.2, 0) is 11.3 Å². The first-order valence-corrected chi connectivity index (χ1v) is 8.32. The fourth-order valence-corrected chi connectivity index (χ4v) is 2.00. The lowest BCUT2D eigenvalue weighted by molar-refractivity contribution is 0.129. The highest BCUT2D eigenvalue weighted by molar-refractivity contribution is 9.10. The van der Waals surface area contributed by atoms with Crippen LogP contribution >= 0.6 is 15.9 Å². The third kappa shape index (κ3) is 8.73. The third-order valence-corrected chi connectivity index (χ3v) is 3.53. The van der Waals surface area contributed by atoms with Gasteiger partial charge in [-0.05, 0) is 30.5 Å². The van der Waals surface area contributed by atoms with E-state index in [4.69, 9.17) is 4.74 Å². The molecular weight excluding hydrogens is 330 g/mol. The molecule has 0 radical (unpaired) electrons. The molecule has 0 amide bonds. The minimum absolute atomic E-state index is 0.764. The van der Waals surface area contributed by atoms with Gasteiger partial charge >= 0.3 is 0 Å². The Balaban J connectivity index is 2.13. The van der Waals surface area contributed by atoms with Crippen molar-refractivity contribution in [2.45, 2.75) is 32.7 Å². The molecule has 0 aliphatic carbocycles. The minimum Gasteiger partial charge on any atom is -0.381 e. The molecular formula is C16H26BrN3O. The van der Waals surface area contributed by atoms with Crippen LogP contribution in [0.25, 0.3) is 0 Å². The van der Waals surface area contributed by atoms with Gasteiger partial charge in [0.2, 0.25) is 0 Å². The van der Waals surface area contributed by atoms with Gasteiger partial charge in [-0.2, -0.15) is 0 Å². The molecule has 0 atom stereocenters.